The Morgan fingerprint density at radius 1 is 1.33 bits per heavy atom. The number of hydrogen-bond acceptors (Lipinski definition) is 0. The maximum atomic E-state index is 2.76. The van der Waals surface area contributed by atoms with E-state index in [4.69, 9.17) is 0 Å². The Bertz CT molecular complexity index is 283. The molecule has 0 aromatic heterocycles. The fourth-order valence-corrected chi connectivity index (χ4v) is 1.36. The minimum absolute atomic E-state index is 1.04. The summed E-state index contributed by atoms with van der Waals surface area (Å²) in [5.74, 6) is 0. The van der Waals surface area contributed by atoms with E-state index in [9.17, 15) is 0 Å². The van der Waals surface area contributed by atoms with E-state index in [1.807, 2.05) is 0 Å². The summed E-state index contributed by atoms with van der Waals surface area (Å²) in [5.41, 5.74) is 2.77. The van der Waals surface area contributed by atoms with Gasteiger partial charge in [-0.05, 0) is 31.1 Å². The van der Waals surface area contributed by atoms with E-state index >= 15 is 0 Å². The van der Waals surface area contributed by atoms with Crippen molar-refractivity contribution < 1.29 is 0 Å². The molecule has 0 nitrogen and oxygen atoms in total. The number of hydrogen-bond donors (Lipinski definition) is 0. The molecule has 0 bridgehead atoms. The second-order valence-corrected chi connectivity index (χ2v) is 3.81. The van der Waals surface area contributed by atoms with Gasteiger partial charge in [0.2, 0.25) is 0 Å². The van der Waals surface area contributed by atoms with Crippen LogP contribution in [-0.2, 0) is 6.42 Å². The standard InChI is InChI=1S/C11H15P/c1-9(2)7-8-10-5-3-4-6-11(10)12/h3-7H,8,12H2,1-2H3. The summed E-state index contributed by atoms with van der Waals surface area (Å²) >= 11 is 0. The Hall–Kier alpha value is -0.610. The second kappa shape index (κ2) is 4.42. The summed E-state index contributed by atoms with van der Waals surface area (Å²) in [6.45, 7) is 4.26. The van der Waals surface area contributed by atoms with E-state index in [1.54, 1.807) is 0 Å². The van der Waals surface area contributed by atoms with Crippen molar-refractivity contribution in [3.05, 3.63) is 41.5 Å². The Kier molecular flexibility index (Phi) is 3.49. The Morgan fingerprint density at radius 2 is 2.00 bits per heavy atom. The first-order chi connectivity index (χ1) is 5.70. The molecule has 0 N–H and O–H groups in total. The summed E-state index contributed by atoms with van der Waals surface area (Å²) in [6.07, 6.45) is 3.30. The first kappa shape index (κ1) is 9.48. The Balaban J connectivity index is 2.76. The molecule has 0 aliphatic carbocycles. The van der Waals surface area contributed by atoms with E-state index in [-0.39, 0.29) is 0 Å². The zero-order valence-electron chi connectivity index (χ0n) is 7.67. The van der Waals surface area contributed by atoms with Crippen LogP contribution in [0.3, 0.4) is 0 Å². The van der Waals surface area contributed by atoms with Crippen LogP contribution in [0.25, 0.3) is 0 Å². The maximum Gasteiger partial charge on any atom is -0.00888 e. The SMILES string of the molecule is CC(C)=CCc1ccccc1P. The van der Waals surface area contributed by atoms with Crippen LogP contribution in [0.1, 0.15) is 19.4 Å². The fraction of sp³-hybridized carbons (Fsp3) is 0.273. The molecule has 1 heteroatoms. The molecule has 0 saturated heterocycles. The lowest BCUT2D eigenvalue weighted by Crippen LogP contribution is -1.98. The van der Waals surface area contributed by atoms with Gasteiger partial charge in [-0.15, -0.1) is 9.24 Å². The molecule has 0 aliphatic rings. The molecule has 1 aromatic carbocycles. The van der Waals surface area contributed by atoms with Crippen LogP contribution in [0.4, 0.5) is 0 Å². The number of rotatable bonds is 2. The third kappa shape index (κ3) is 2.79. The minimum atomic E-state index is 1.04. The van der Waals surface area contributed by atoms with Crippen LogP contribution in [0.5, 0.6) is 0 Å². The van der Waals surface area contributed by atoms with Crippen LogP contribution in [0.2, 0.25) is 0 Å². The summed E-state index contributed by atoms with van der Waals surface area (Å²) in [5, 5.41) is 1.30. The van der Waals surface area contributed by atoms with Crippen LogP contribution in [0, 0.1) is 0 Å². The molecule has 0 amide bonds. The molecule has 0 saturated carbocycles. The molecule has 0 spiro atoms. The molecule has 1 atom stereocenters. The smallest absolute Gasteiger partial charge is 0.00888 e. The van der Waals surface area contributed by atoms with Crippen molar-refractivity contribution in [2.24, 2.45) is 0 Å². The second-order valence-electron chi connectivity index (χ2n) is 3.18. The first-order valence-corrected chi connectivity index (χ1v) is 4.74. The van der Waals surface area contributed by atoms with Crippen LogP contribution in [-0.4, -0.2) is 0 Å². The van der Waals surface area contributed by atoms with Gasteiger partial charge < -0.3 is 0 Å². The van der Waals surface area contributed by atoms with Crippen LogP contribution >= 0.6 is 9.24 Å². The van der Waals surface area contributed by atoms with Gasteiger partial charge in [-0.3, -0.25) is 0 Å². The highest BCUT2D eigenvalue weighted by atomic mass is 31.0. The third-order valence-corrected chi connectivity index (χ3v) is 2.35. The lowest BCUT2D eigenvalue weighted by atomic mass is 10.1. The Morgan fingerprint density at radius 3 is 2.58 bits per heavy atom. The molecule has 64 valence electrons. The molecule has 0 fully saturated rings. The van der Waals surface area contributed by atoms with E-state index < -0.39 is 0 Å². The molecule has 1 aromatic rings. The average molecular weight is 178 g/mol. The van der Waals surface area contributed by atoms with Crippen molar-refractivity contribution in [2.45, 2.75) is 20.3 Å². The van der Waals surface area contributed by atoms with Crippen molar-refractivity contribution in [1.29, 1.82) is 0 Å². The van der Waals surface area contributed by atoms with E-state index in [2.05, 4.69) is 53.4 Å². The predicted molar refractivity (Wildman–Crippen MR) is 58.9 cm³/mol. The predicted octanol–water partition coefficient (Wildman–Crippen LogP) is 2.70. The summed E-state index contributed by atoms with van der Waals surface area (Å²) in [7, 11) is 2.76. The highest BCUT2D eigenvalue weighted by Crippen LogP contribution is 2.03. The molecule has 0 heterocycles. The van der Waals surface area contributed by atoms with Crippen molar-refractivity contribution >= 4 is 14.5 Å². The van der Waals surface area contributed by atoms with Gasteiger partial charge >= 0.3 is 0 Å². The van der Waals surface area contributed by atoms with Gasteiger partial charge in [0.15, 0.2) is 0 Å². The van der Waals surface area contributed by atoms with Gasteiger partial charge in [-0.2, -0.15) is 0 Å². The van der Waals surface area contributed by atoms with Gasteiger partial charge in [0.25, 0.3) is 0 Å². The number of benzene rings is 1. The minimum Gasteiger partial charge on any atom is -0.105 e. The monoisotopic (exact) mass is 178 g/mol. The molecule has 12 heavy (non-hydrogen) atoms. The van der Waals surface area contributed by atoms with Crippen molar-refractivity contribution in [2.75, 3.05) is 0 Å². The van der Waals surface area contributed by atoms with Gasteiger partial charge in [-0.25, -0.2) is 0 Å². The van der Waals surface area contributed by atoms with Gasteiger partial charge in [0, 0.05) is 0 Å². The van der Waals surface area contributed by atoms with Gasteiger partial charge in [0.1, 0.15) is 0 Å². The lowest BCUT2D eigenvalue weighted by Gasteiger charge is -2.01. The van der Waals surface area contributed by atoms with E-state index in [0.29, 0.717) is 0 Å². The number of allylic oxidation sites excluding steroid dienone is 2. The Labute approximate surface area is 76.9 Å². The fourth-order valence-electron chi connectivity index (χ4n) is 1.03. The van der Waals surface area contributed by atoms with E-state index in [0.717, 1.165) is 6.42 Å². The highest BCUT2D eigenvalue weighted by molar-refractivity contribution is 7.27. The first-order valence-electron chi connectivity index (χ1n) is 4.17. The molecule has 1 rings (SSSR count). The molecule has 1 unspecified atom stereocenters. The molecule has 0 radical (unpaired) electrons. The van der Waals surface area contributed by atoms with Crippen molar-refractivity contribution in [1.82, 2.24) is 0 Å². The molecular formula is C11H15P. The van der Waals surface area contributed by atoms with Gasteiger partial charge in [0.05, 0.1) is 0 Å². The van der Waals surface area contributed by atoms with Crippen molar-refractivity contribution in [3.63, 3.8) is 0 Å². The zero-order chi connectivity index (χ0) is 8.97. The van der Waals surface area contributed by atoms with E-state index in [1.165, 1.54) is 16.4 Å². The average Bonchev–Trinajstić information content (AvgIpc) is 2.03. The topological polar surface area (TPSA) is 0 Å². The highest BCUT2D eigenvalue weighted by Gasteiger charge is 1.92. The van der Waals surface area contributed by atoms with Gasteiger partial charge in [-0.1, -0.05) is 35.9 Å². The summed E-state index contributed by atoms with van der Waals surface area (Å²) < 4.78 is 0. The summed E-state index contributed by atoms with van der Waals surface area (Å²) in [4.78, 5) is 0. The quantitative estimate of drug-likeness (QED) is 0.482. The summed E-state index contributed by atoms with van der Waals surface area (Å²) in [6, 6.07) is 8.44. The third-order valence-electron chi connectivity index (χ3n) is 1.79. The molecule has 0 aliphatic heterocycles. The zero-order valence-corrected chi connectivity index (χ0v) is 8.83. The lowest BCUT2D eigenvalue weighted by molar-refractivity contribution is 1.23. The van der Waals surface area contributed by atoms with Crippen LogP contribution < -0.4 is 5.30 Å². The van der Waals surface area contributed by atoms with Crippen molar-refractivity contribution in [3.8, 4) is 0 Å². The largest absolute Gasteiger partial charge is 0.105 e. The maximum absolute atomic E-state index is 2.76. The normalized spacial score (nSPS) is 9.58. The van der Waals surface area contributed by atoms with Crippen LogP contribution in [0.15, 0.2) is 35.9 Å². The molecular weight excluding hydrogens is 163 g/mol.